The zero-order valence-corrected chi connectivity index (χ0v) is 25.0. The molecule has 2 unspecified atom stereocenters. The van der Waals surface area contributed by atoms with Crippen molar-refractivity contribution in [3.05, 3.63) is 23.1 Å². The summed E-state index contributed by atoms with van der Waals surface area (Å²) in [4.78, 5) is 14.7. The lowest BCUT2D eigenvalue weighted by molar-refractivity contribution is -0.110. The van der Waals surface area contributed by atoms with E-state index >= 15 is 0 Å². The molecule has 0 radical (unpaired) electrons. The second-order valence-electron chi connectivity index (χ2n) is 12.5. The molecule has 5 heteroatoms. The van der Waals surface area contributed by atoms with E-state index < -0.39 is 0 Å². The highest BCUT2D eigenvalue weighted by Crippen LogP contribution is 2.33. The lowest BCUT2D eigenvalue weighted by atomic mass is 9.82. The monoisotopic (exact) mass is 491 g/mol. The summed E-state index contributed by atoms with van der Waals surface area (Å²) >= 11 is 0. The van der Waals surface area contributed by atoms with Crippen LogP contribution in [0.5, 0.6) is 0 Å². The number of piperazine rings is 1. The average Bonchev–Trinajstić information content (AvgIpc) is 3.52. The van der Waals surface area contributed by atoms with Gasteiger partial charge in [0.25, 0.3) is 0 Å². The standard InChI is InChI=1S/C17H32N2O.C8H16.C5H9NO/c1-13(19-10-9-18(7)14(2)12-19)11-16(15(3)20-8)17(4,5)6;1-7-5-3-4-6-8(7)2;1-5(2-3-5)6-4-7/h11,14H,9-10,12H2,1-8H3;7-8H,3-6H2,1-2H3;4H,2-3H2,1H3,(H,6,7)/b13-11+,16-15-;;/t;7-,8?;/m.1./s1. The summed E-state index contributed by atoms with van der Waals surface area (Å²) in [6.07, 6.45) is 11.3. The van der Waals surface area contributed by atoms with Gasteiger partial charge in [0.15, 0.2) is 0 Å². The van der Waals surface area contributed by atoms with Crippen LogP contribution in [0.2, 0.25) is 0 Å². The maximum atomic E-state index is 9.75. The minimum atomic E-state index is 0.0968. The quantitative estimate of drug-likeness (QED) is 0.267. The van der Waals surface area contributed by atoms with Gasteiger partial charge >= 0.3 is 0 Å². The summed E-state index contributed by atoms with van der Waals surface area (Å²) in [6.45, 7) is 23.4. The molecule has 2 saturated carbocycles. The van der Waals surface area contributed by atoms with Gasteiger partial charge in [-0.05, 0) is 76.5 Å². The van der Waals surface area contributed by atoms with Gasteiger partial charge in [0.1, 0.15) is 0 Å². The molecule has 204 valence electrons. The van der Waals surface area contributed by atoms with Crippen LogP contribution in [-0.4, -0.2) is 61.6 Å². The predicted octanol–water partition coefficient (Wildman–Crippen LogP) is 6.61. The zero-order chi connectivity index (χ0) is 26.8. The molecule has 1 aliphatic heterocycles. The van der Waals surface area contributed by atoms with E-state index in [9.17, 15) is 4.79 Å². The van der Waals surface area contributed by atoms with Crippen molar-refractivity contribution < 1.29 is 9.53 Å². The SMILES string of the molecule is CC1(NC=O)CC1.CC1CCCC[C@H]1C.CO/C(C)=C(/C=C(\C)N1CCN(C)C(C)C1)C(C)(C)C. The van der Waals surface area contributed by atoms with Gasteiger partial charge in [-0.25, -0.2) is 0 Å². The Morgan fingerprint density at radius 3 is 1.91 bits per heavy atom. The molecule has 5 nitrogen and oxygen atoms in total. The number of nitrogens with one attached hydrogen (secondary N) is 1. The molecule has 35 heavy (non-hydrogen) atoms. The minimum Gasteiger partial charge on any atom is -0.501 e. The Labute approximate surface area is 217 Å². The number of carbonyl (C=O) groups is 1. The van der Waals surface area contributed by atoms with Crippen molar-refractivity contribution in [1.29, 1.82) is 0 Å². The molecule has 0 aromatic heterocycles. The first-order valence-electron chi connectivity index (χ1n) is 13.8. The number of carbonyl (C=O) groups excluding carboxylic acids is 1. The fourth-order valence-electron chi connectivity index (χ4n) is 4.60. The first-order valence-corrected chi connectivity index (χ1v) is 13.8. The third-order valence-electron chi connectivity index (χ3n) is 8.25. The number of ether oxygens (including phenoxy) is 1. The largest absolute Gasteiger partial charge is 0.501 e. The van der Waals surface area contributed by atoms with Crippen LogP contribution in [0.3, 0.4) is 0 Å². The van der Waals surface area contributed by atoms with Crippen LogP contribution in [0, 0.1) is 17.3 Å². The molecular weight excluding hydrogens is 434 g/mol. The van der Waals surface area contributed by atoms with Gasteiger partial charge in [-0.2, -0.15) is 0 Å². The highest BCUT2D eigenvalue weighted by atomic mass is 16.5. The Morgan fingerprint density at radius 2 is 1.57 bits per heavy atom. The van der Waals surface area contributed by atoms with Crippen LogP contribution >= 0.6 is 0 Å². The Balaban J connectivity index is 0.000000329. The third-order valence-corrected chi connectivity index (χ3v) is 8.25. The number of amides is 1. The molecule has 1 heterocycles. The molecule has 2 aliphatic carbocycles. The molecular formula is C30H57N3O2. The van der Waals surface area contributed by atoms with E-state index in [0.29, 0.717) is 6.04 Å². The topological polar surface area (TPSA) is 44.8 Å². The highest BCUT2D eigenvalue weighted by Gasteiger charge is 2.36. The van der Waals surface area contributed by atoms with Crippen molar-refractivity contribution in [2.45, 2.75) is 112 Å². The van der Waals surface area contributed by atoms with Gasteiger partial charge < -0.3 is 19.9 Å². The second kappa shape index (κ2) is 14.3. The van der Waals surface area contributed by atoms with Crippen molar-refractivity contribution in [3.8, 4) is 0 Å². The van der Waals surface area contributed by atoms with E-state index in [1.54, 1.807) is 7.11 Å². The van der Waals surface area contributed by atoms with Crippen LogP contribution in [0.4, 0.5) is 0 Å². The van der Waals surface area contributed by atoms with Gasteiger partial charge in [0.2, 0.25) is 6.41 Å². The summed E-state index contributed by atoms with van der Waals surface area (Å²) in [5.41, 5.74) is 2.90. The van der Waals surface area contributed by atoms with E-state index in [2.05, 4.69) is 83.6 Å². The number of methoxy groups -OCH3 is 1. The predicted molar refractivity (Wildman–Crippen MR) is 150 cm³/mol. The van der Waals surface area contributed by atoms with Gasteiger partial charge in [-0.1, -0.05) is 60.3 Å². The summed E-state index contributed by atoms with van der Waals surface area (Å²) in [5.74, 6) is 3.02. The molecule has 1 amide bonds. The maximum absolute atomic E-state index is 9.75. The van der Waals surface area contributed by atoms with E-state index in [0.717, 1.165) is 56.5 Å². The van der Waals surface area contributed by atoms with Gasteiger partial charge in [-0.3, -0.25) is 4.79 Å². The van der Waals surface area contributed by atoms with Crippen LogP contribution < -0.4 is 5.32 Å². The number of hydrogen-bond acceptors (Lipinski definition) is 4. The molecule has 0 spiro atoms. The van der Waals surface area contributed by atoms with Crippen LogP contribution in [0.25, 0.3) is 0 Å². The average molecular weight is 492 g/mol. The lowest BCUT2D eigenvalue weighted by Gasteiger charge is -2.39. The second-order valence-corrected chi connectivity index (χ2v) is 12.5. The molecule has 3 aliphatic rings. The van der Waals surface area contributed by atoms with Gasteiger partial charge in [0.05, 0.1) is 12.9 Å². The summed E-state index contributed by atoms with van der Waals surface area (Å²) < 4.78 is 5.47. The summed E-state index contributed by atoms with van der Waals surface area (Å²) in [5, 5.41) is 2.72. The maximum Gasteiger partial charge on any atom is 0.207 e. The first kappa shape index (κ1) is 31.5. The van der Waals surface area contributed by atoms with Crippen molar-refractivity contribution in [1.82, 2.24) is 15.1 Å². The van der Waals surface area contributed by atoms with E-state index in [1.165, 1.54) is 37.0 Å². The summed E-state index contributed by atoms with van der Waals surface area (Å²) in [7, 11) is 3.96. The Morgan fingerprint density at radius 1 is 1.03 bits per heavy atom. The fraction of sp³-hybridized carbons (Fsp3) is 0.833. The van der Waals surface area contributed by atoms with E-state index in [-0.39, 0.29) is 11.0 Å². The normalized spacial score (nSPS) is 27.3. The Hall–Kier alpha value is -1.49. The molecule has 1 saturated heterocycles. The number of nitrogens with zero attached hydrogens (tertiary/aromatic N) is 2. The Kier molecular flexibility index (Phi) is 12.9. The lowest BCUT2D eigenvalue weighted by Crippen LogP contribution is -2.49. The van der Waals surface area contributed by atoms with Crippen molar-refractivity contribution in [3.63, 3.8) is 0 Å². The number of likely N-dealkylation sites (N-methyl/N-ethyl adjacent to an activating group) is 1. The molecule has 3 atom stereocenters. The highest BCUT2D eigenvalue weighted by molar-refractivity contribution is 5.48. The van der Waals surface area contributed by atoms with Crippen molar-refractivity contribution in [2.75, 3.05) is 33.8 Å². The molecule has 0 aromatic rings. The number of rotatable bonds is 5. The van der Waals surface area contributed by atoms with Gasteiger partial charge in [0, 0.05) is 36.9 Å². The number of allylic oxidation sites excluding steroid dienone is 4. The van der Waals surface area contributed by atoms with Crippen LogP contribution in [0.15, 0.2) is 23.1 Å². The zero-order valence-electron chi connectivity index (χ0n) is 25.0. The summed E-state index contributed by atoms with van der Waals surface area (Å²) in [6, 6.07) is 0.609. The van der Waals surface area contributed by atoms with E-state index in [1.807, 2.05) is 6.92 Å². The Bertz CT molecular complexity index is 693. The van der Waals surface area contributed by atoms with Crippen molar-refractivity contribution in [2.24, 2.45) is 17.3 Å². The minimum absolute atomic E-state index is 0.0968. The molecule has 0 aromatic carbocycles. The first-order chi connectivity index (χ1) is 16.2. The van der Waals surface area contributed by atoms with Crippen LogP contribution in [0.1, 0.15) is 101 Å². The number of hydrogen-bond donors (Lipinski definition) is 1. The smallest absolute Gasteiger partial charge is 0.207 e. The fourth-order valence-corrected chi connectivity index (χ4v) is 4.60. The molecule has 0 bridgehead atoms. The van der Waals surface area contributed by atoms with Gasteiger partial charge in [-0.15, -0.1) is 0 Å². The van der Waals surface area contributed by atoms with Crippen molar-refractivity contribution >= 4 is 6.41 Å². The third kappa shape index (κ3) is 11.4. The molecule has 3 fully saturated rings. The molecule has 3 rings (SSSR count). The van der Waals surface area contributed by atoms with Crippen LogP contribution in [-0.2, 0) is 9.53 Å². The van der Waals surface area contributed by atoms with E-state index in [4.69, 9.17) is 4.74 Å². The molecule has 1 N–H and O–H groups in total.